The molecule has 0 heterocycles. The largest absolute Gasteiger partial charge is 0.453 e. The van der Waals surface area contributed by atoms with Crippen molar-refractivity contribution in [3.63, 3.8) is 0 Å². The quantitative estimate of drug-likeness (QED) is 0.872. The maximum Gasteiger partial charge on any atom is 0.411 e. The molecular formula is C16H24N2O3. The lowest BCUT2D eigenvalue weighted by atomic mass is 9.64. The first-order valence-electron chi connectivity index (χ1n) is 7.30. The van der Waals surface area contributed by atoms with Crippen LogP contribution in [0.15, 0.2) is 24.3 Å². The summed E-state index contributed by atoms with van der Waals surface area (Å²) in [7, 11) is 1.35. The molecule has 1 aromatic carbocycles. The highest BCUT2D eigenvalue weighted by Gasteiger charge is 2.48. The predicted octanol–water partition coefficient (Wildman–Crippen LogP) is 3.48. The lowest BCUT2D eigenvalue weighted by molar-refractivity contribution is -0.0975. The number of nitrogens with one attached hydrogen (secondary N) is 2. The van der Waals surface area contributed by atoms with Crippen LogP contribution in [0.1, 0.15) is 27.2 Å². The highest BCUT2D eigenvalue weighted by atomic mass is 16.5. The van der Waals surface area contributed by atoms with Crippen molar-refractivity contribution in [2.24, 2.45) is 5.41 Å². The molecule has 5 heteroatoms. The molecule has 0 aromatic heterocycles. The van der Waals surface area contributed by atoms with Crippen LogP contribution in [0.3, 0.4) is 0 Å². The van der Waals surface area contributed by atoms with E-state index in [0.717, 1.165) is 18.7 Å². The Hall–Kier alpha value is -1.75. The SMILES string of the molecule is CCOC1CC(Nc2ccc(NC(=O)OC)cc2)C1(C)C. The summed E-state index contributed by atoms with van der Waals surface area (Å²) in [6.45, 7) is 7.24. The topological polar surface area (TPSA) is 59.6 Å². The summed E-state index contributed by atoms with van der Waals surface area (Å²) in [6, 6.07) is 8.01. The number of methoxy groups -OCH3 is 1. The van der Waals surface area contributed by atoms with E-state index in [1.165, 1.54) is 7.11 Å². The van der Waals surface area contributed by atoms with Gasteiger partial charge in [-0.05, 0) is 37.6 Å². The van der Waals surface area contributed by atoms with Crippen LogP contribution >= 0.6 is 0 Å². The van der Waals surface area contributed by atoms with Crippen LogP contribution < -0.4 is 10.6 Å². The monoisotopic (exact) mass is 292 g/mol. The Morgan fingerprint density at radius 3 is 2.43 bits per heavy atom. The van der Waals surface area contributed by atoms with Crippen LogP contribution in [-0.4, -0.2) is 32.0 Å². The van der Waals surface area contributed by atoms with Crippen LogP contribution in [0.4, 0.5) is 16.2 Å². The van der Waals surface area contributed by atoms with Gasteiger partial charge in [-0.3, -0.25) is 5.32 Å². The Bertz CT molecular complexity index is 485. The summed E-state index contributed by atoms with van der Waals surface area (Å²) in [5.74, 6) is 0. The zero-order valence-electron chi connectivity index (χ0n) is 13.1. The molecule has 1 aliphatic carbocycles. The van der Waals surface area contributed by atoms with Crippen molar-refractivity contribution in [1.29, 1.82) is 0 Å². The van der Waals surface area contributed by atoms with Gasteiger partial charge in [0.1, 0.15) is 0 Å². The molecule has 1 aliphatic rings. The van der Waals surface area contributed by atoms with Gasteiger partial charge in [-0.15, -0.1) is 0 Å². The number of hydrogen-bond acceptors (Lipinski definition) is 4. The number of rotatable bonds is 5. The van der Waals surface area contributed by atoms with Gasteiger partial charge in [0.05, 0.1) is 13.2 Å². The maximum absolute atomic E-state index is 11.1. The normalized spacial score (nSPS) is 23.0. The Labute approximate surface area is 126 Å². The molecule has 2 atom stereocenters. The van der Waals surface area contributed by atoms with E-state index in [2.05, 4.69) is 29.2 Å². The third kappa shape index (κ3) is 3.47. The lowest BCUT2D eigenvalue weighted by Crippen LogP contribution is -2.58. The summed E-state index contributed by atoms with van der Waals surface area (Å²) in [5.41, 5.74) is 1.88. The standard InChI is InChI=1S/C16H24N2O3/c1-5-21-14-10-13(16(14,2)3)17-11-6-8-12(9-7-11)18-15(19)20-4/h6-9,13-14,17H,5,10H2,1-4H3,(H,18,19). The fraction of sp³-hybridized carbons (Fsp3) is 0.562. The molecule has 2 unspecified atom stereocenters. The van der Waals surface area contributed by atoms with Crippen molar-refractivity contribution in [3.8, 4) is 0 Å². The molecule has 0 radical (unpaired) electrons. The van der Waals surface area contributed by atoms with Gasteiger partial charge in [-0.2, -0.15) is 0 Å². The number of hydrogen-bond donors (Lipinski definition) is 2. The summed E-state index contributed by atoms with van der Waals surface area (Å²) < 4.78 is 10.3. The van der Waals surface area contributed by atoms with Crippen LogP contribution in [0.25, 0.3) is 0 Å². The molecule has 0 bridgehead atoms. The van der Waals surface area contributed by atoms with Crippen LogP contribution in [0.5, 0.6) is 0 Å². The van der Waals surface area contributed by atoms with Gasteiger partial charge in [-0.1, -0.05) is 13.8 Å². The van der Waals surface area contributed by atoms with E-state index in [1.807, 2.05) is 31.2 Å². The molecule has 0 saturated heterocycles. The minimum atomic E-state index is -0.463. The summed E-state index contributed by atoms with van der Waals surface area (Å²) >= 11 is 0. The number of amides is 1. The highest BCUT2D eigenvalue weighted by molar-refractivity contribution is 5.84. The molecule has 21 heavy (non-hydrogen) atoms. The number of carbonyl (C=O) groups excluding carboxylic acids is 1. The van der Waals surface area contributed by atoms with Crippen LogP contribution in [0, 0.1) is 5.41 Å². The fourth-order valence-electron chi connectivity index (χ4n) is 2.63. The molecule has 5 nitrogen and oxygen atoms in total. The molecule has 1 amide bonds. The van der Waals surface area contributed by atoms with E-state index in [0.29, 0.717) is 17.8 Å². The molecule has 1 fully saturated rings. The minimum Gasteiger partial charge on any atom is -0.453 e. The Kier molecular flexibility index (Phi) is 4.73. The van der Waals surface area contributed by atoms with Crippen molar-refractivity contribution in [3.05, 3.63) is 24.3 Å². The molecule has 2 rings (SSSR count). The smallest absolute Gasteiger partial charge is 0.411 e. The summed E-state index contributed by atoms with van der Waals surface area (Å²) in [5, 5.41) is 6.16. The van der Waals surface area contributed by atoms with Gasteiger partial charge in [0, 0.05) is 29.4 Å². The fourth-order valence-corrected chi connectivity index (χ4v) is 2.63. The van der Waals surface area contributed by atoms with E-state index >= 15 is 0 Å². The third-order valence-electron chi connectivity index (χ3n) is 4.20. The Morgan fingerprint density at radius 1 is 1.29 bits per heavy atom. The highest BCUT2D eigenvalue weighted by Crippen LogP contribution is 2.44. The maximum atomic E-state index is 11.1. The van der Waals surface area contributed by atoms with Crippen molar-refractivity contribution in [2.45, 2.75) is 39.3 Å². The molecule has 0 aliphatic heterocycles. The molecule has 2 N–H and O–H groups in total. The van der Waals surface area contributed by atoms with Gasteiger partial charge in [0.25, 0.3) is 0 Å². The van der Waals surface area contributed by atoms with Crippen molar-refractivity contribution < 1.29 is 14.3 Å². The van der Waals surface area contributed by atoms with Crippen LogP contribution in [-0.2, 0) is 9.47 Å². The van der Waals surface area contributed by atoms with Crippen LogP contribution in [0.2, 0.25) is 0 Å². The second-order valence-electron chi connectivity index (χ2n) is 5.89. The Balaban J connectivity index is 1.91. The first kappa shape index (κ1) is 15.6. The number of carbonyl (C=O) groups is 1. The van der Waals surface area contributed by atoms with Gasteiger partial charge in [0.15, 0.2) is 0 Å². The number of benzene rings is 1. The minimum absolute atomic E-state index is 0.124. The average Bonchev–Trinajstić information content (AvgIpc) is 2.48. The Morgan fingerprint density at radius 2 is 1.90 bits per heavy atom. The second-order valence-corrected chi connectivity index (χ2v) is 5.89. The summed E-state index contributed by atoms with van der Waals surface area (Å²) in [4.78, 5) is 11.1. The van der Waals surface area contributed by atoms with E-state index in [1.54, 1.807) is 0 Å². The molecule has 1 saturated carbocycles. The molecule has 0 spiro atoms. The second kappa shape index (κ2) is 6.35. The van der Waals surface area contributed by atoms with Crippen molar-refractivity contribution >= 4 is 17.5 Å². The first-order chi connectivity index (χ1) is 9.97. The molecule has 1 aromatic rings. The van der Waals surface area contributed by atoms with Gasteiger partial charge in [0.2, 0.25) is 0 Å². The van der Waals surface area contributed by atoms with Gasteiger partial charge < -0.3 is 14.8 Å². The van der Waals surface area contributed by atoms with Gasteiger partial charge >= 0.3 is 6.09 Å². The summed E-state index contributed by atoms with van der Waals surface area (Å²) in [6.07, 6.45) is 0.874. The molecular weight excluding hydrogens is 268 g/mol. The zero-order chi connectivity index (χ0) is 15.5. The van der Waals surface area contributed by atoms with E-state index in [4.69, 9.17) is 4.74 Å². The molecule has 116 valence electrons. The van der Waals surface area contributed by atoms with Gasteiger partial charge in [-0.25, -0.2) is 4.79 Å². The zero-order valence-corrected chi connectivity index (χ0v) is 13.1. The predicted molar refractivity (Wildman–Crippen MR) is 83.7 cm³/mol. The number of ether oxygens (including phenoxy) is 2. The first-order valence-corrected chi connectivity index (χ1v) is 7.30. The lowest BCUT2D eigenvalue weighted by Gasteiger charge is -2.52. The van der Waals surface area contributed by atoms with Crippen molar-refractivity contribution in [2.75, 3.05) is 24.4 Å². The van der Waals surface area contributed by atoms with E-state index < -0.39 is 6.09 Å². The third-order valence-corrected chi connectivity index (χ3v) is 4.20. The van der Waals surface area contributed by atoms with E-state index in [9.17, 15) is 4.79 Å². The van der Waals surface area contributed by atoms with Crippen molar-refractivity contribution in [1.82, 2.24) is 0 Å². The average molecular weight is 292 g/mol. The number of anilines is 2. The van der Waals surface area contributed by atoms with E-state index in [-0.39, 0.29) is 5.41 Å².